The maximum Gasteiger partial charge on any atom is 0.295 e. The van der Waals surface area contributed by atoms with E-state index in [-0.39, 0.29) is 11.3 Å². The first-order chi connectivity index (χ1) is 17.0. The molecule has 1 atom stereocenters. The summed E-state index contributed by atoms with van der Waals surface area (Å²) in [5, 5.41) is 11.2. The molecular weight excluding hydrogens is 444 g/mol. The summed E-state index contributed by atoms with van der Waals surface area (Å²) in [5.41, 5.74) is 3.42. The van der Waals surface area contributed by atoms with E-state index in [9.17, 15) is 14.7 Å². The van der Waals surface area contributed by atoms with E-state index >= 15 is 0 Å². The zero-order valence-electron chi connectivity index (χ0n) is 19.8. The normalized spacial score (nSPS) is 17.1. The third kappa shape index (κ3) is 5.41. The number of carbonyl (C=O) groups is 2. The lowest BCUT2D eigenvalue weighted by Gasteiger charge is -2.25. The average molecular weight is 473 g/mol. The van der Waals surface area contributed by atoms with Crippen LogP contribution < -0.4 is 4.74 Å². The van der Waals surface area contributed by atoms with Crippen LogP contribution in [0.1, 0.15) is 34.7 Å². The van der Waals surface area contributed by atoms with Gasteiger partial charge in [0, 0.05) is 38.2 Å². The van der Waals surface area contributed by atoms with Gasteiger partial charge in [0.2, 0.25) is 0 Å². The molecule has 180 valence electrons. The lowest BCUT2D eigenvalue weighted by atomic mass is 9.96. The van der Waals surface area contributed by atoms with Gasteiger partial charge in [0.1, 0.15) is 18.1 Å². The Morgan fingerprint density at radius 1 is 1.06 bits per heavy atom. The van der Waals surface area contributed by atoms with Crippen molar-refractivity contribution in [2.24, 2.45) is 0 Å². The number of pyridine rings is 1. The molecule has 0 aliphatic carbocycles. The molecule has 1 unspecified atom stereocenters. The summed E-state index contributed by atoms with van der Waals surface area (Å²) in [6.45, 7) is 3.23. The van der Waals surface area contributed by atoms with Crippen LogP contribution in [0.25, 0.3) is 5.76 Å². The Bertz CT molecular complexity index is 1220. The molecule has 0 bridgehead atoms. The maximum atomic E-state index is 13.0. The first-order valence-electron chi connectivity index (χ1n) is 11.5. The van der Waals surface area contributed by atoms with Gasteiger partial charge in [-0.3, -0.25) is 14.6 Å². The van der Waals surface area contributed by atoms with Crippen molar-refractivity contribution in [2.45, 2.75) is 26.0 Å². The summed E-state index contributed by atoms with van der Waals surface area (Å²) >= 11 is 0. The summed E-state index contributed by atoms with van der Waals surface area (Å²) < 4.78 is 11.0. The number of nitrogens with zero attached hydrogens (tertiary/aromatic N) is 2. The van der Waals surface area contributed by atoms with E-state index in [1.807, 2.05) is 25.1 Å². The van der Waals surface area contributed by atoms with E-state index in [1.54, 1.807) is 55.9 Å². The maximum absolute atomic E-state index is 13.0. The van der Waals surface area contributed by atoms with Crippen molar-refractivity contribution in [1.82, 2.24) is 9.88 Å². The largest absolute Gasteiger partial charge is 0.507 e. The van der Waals surface area contributed by atoms with Crippen molar-refractivity contribution in [3.63, 3.8) is 0 Å². The summed E-state index contributed by atoms with van der Waals surface area (Å²) in [4.78, 5) is 31.4. The van der Waals surface area contributed by atoms with Crippen LogP contribution in [0.15, 0.2) is 78.6 Å². The van der Waals surface area contributed by atoms with E-state index in [1.165, 1.54) is 4.90 Å². The summed E-state index contributed by atoms with van der Waals surface area (Å²) in [5.74, 6) is -0.928. The molecule has 2 aromatic carbocycles. The number of Topliss-reactive ketones (excluding diaryl/α,β-unsaturated/α-hetero) is 1. The number of aromatic nitrogens is 1. The van der Waals surface area contributed by atoms with E-state index in [0.717, 1.165) is 11.1 Å². The molecule has 4 rings (SSSR count). The number of hydrogen-bond donors (Lipinski definition) is 1. The minimum atomic E-state index is -0.707. The monoisotopic (exact) mass is 472 g/mol. The lowest BCUT2D eigenvalue weighted by molar-refractivity contribution is -0.140. The number of amides is 1. The van der Waals surface area contributed by atoms with E-state index in [2.05, 4.69) is 11.1 Å². The fourth-order valence-corrected chi connectivity index (χ4v) is 4.22. The van der Waals surface area contributed by atoms with Crippen molar-refractivity contribution in [1.29, 1.82) is 0 Å². The Hall–Kier alpha value is -3.97. The molecule has 0 radical (unpaired) electrons. The summed E-state index contributed by atoms with van der Waals surface area (Å²) in [6.07, 6.45) is 3.77. The van der Waals surface area contributed by atoms with Crippen molar-refractivity contribution in [2.75, 3.05) is 20.3 Å². The zero-order chi connectivity index (χ0) is 24.8. The van der Waals surface area contributed by atoms with Crippen LogP contribution in [0.5, 0.6) is 5.75 Å². The Labute approximate surface area is 204 Å². The highest BCUT2D eigenvalue weighted by molar-refractivity contribution is 6.46. The molecule has 1 aliphatic heterocycles. The fraction of sp³-hybridized carbons (Fsp3) is 0.250. The molecule has 7 nitrogen and oxygen atoms in total. The molecule has 1 amide bonds. The molecule has 1 saturated heterocycles. The third-order valence-electron chi connectivity index (χ3n) is 5.93. The molecule has 7 heteroatoms. The Kier molecular flexibility index (Phi) is 7.57. The number of ether oxygens (including phenoxy) is 2. The standard InChI is InChI=1S/C28H28N2O5/c1-19-5-3-6-20(17-19)18-35-23-9-7-22(8-10-23)26(31)24-25(21-11-13-29-14-12-21)30(15-4-16-34-2)28(33)27(24)32/h3,5-14,17,25,31H,4,15-16,18H2,1-2H3. The smallest absolute Gasteiger partial charge is 0.295 e. The molecule has 1 aliphatic rings. The number of aryl methyl sites for hydroxylation is 1. The highest BCUT2D eigenvalue weighted by Crippen LogP contribution is 2.39. The van der Waals surface area contributed by atoms with Crippen LogP contribution in [0, 0.1) is 6.92 Å². The van der Waals surface area contributed by atoms with Crippen LogP contribution in [0.3, 0.4) is 0 Å². The predicted molar refractivity (Wildman–Crippen MR) is 132 cm³/mol. The molecule has 35 heavy (non-hydrogen) atoms. The minimum Gasteiger partial charge on any atom is -0.507 e. The van der Waals surface area contributed by atoms with Crippen molar-refractivity contribution < 1.29 is 24.2 Å². The highest BCUT2D eigenvalue weighted by atomic mass is 16.5. The number of aliphatic hydroxyl groups excluding tert-OH is 1. The SMILES string of the molecule is COCCCN1C(=O)C(=O)C(=C(O)c2ccc(OCc3cccc(C)c3)cc2)C1c1ccncc1. The van der Waals surface area contributed by atoms with Gasteiger partial charge in [-0.1, -0.05) is 29.8 Å². The first-order valence-corrected chi connectivity index (χ1v) is 11.5. The number of carbonyl (C=O) groups excluding carboxylic acids is 2. The van der Waals surface area contributed by atoms with Gasteiger partial charge in [-0.05, 0) is 60.9 Å². The number of benzene rings is 2. The van der Waals surface area contributed by atoms with Crippen LogP contribution in [-0.2, 0) is 20.9 Å². The topological polar surface area (TPSA) is 89.0 Å². The van der Waals surface area contributed by atoms with Crippen LogP contribution in [0.2, 0.25) is 0 Å². The predicted octanol–water partition coefficient (Wildman–Crippen LogP) is 4.43. The third-order valence-corrected chi connectivity index (χ3v) is 5.93. The second-order valence-corrected chi connectivity index (χ2v) is 8.42. The van der Waals surface area contributed by atoms with Crippen molar-refractivity contribution in [3.05, 3.63) is 101 Å². The lowest BCUT2D eigenvalue weighted by Crippen LogP contribution is -2.31. The molecule has 1 N–H and O–H groups in total. The second kappa shape index (κ2) is 11.0. The van der Waals surface area contributed by atoms with Gasteiger partial charge in [-0.15, -0.1) is 0 Å². The van der Waals surface area contributed by atoms with Crippen LogP contribution >= 0.6 is 0 Å². The quantitative estimate of drug-likeness (QED) is 0.215. The van der Waals surface area contributed by atoms with E-state index < -0.39 is 17.7 Å². The van der Waals surface area contributed by atoms with E-state index in [0.29, 0.717) is 43.1 Å². The molecule has 3 aromatic rings. The molecule has 0 saturated carbocycles. The molecule has 0 spiro atoms. The van der Waals surface area contributed by atoms with Gasteiger partial charge in [-0.2, -0.15) is 0 Å². The van der Waals surface area contributed by atoms with Gasteiger partial charge >= 0.3 is 0 Å². The molecule has 1 fully saturated rings. The van der Waals surface area contributed by atoms with Crippen molar-refractivity contribution >= 4 is 17.4 Å². The molecule has 2 heterocycles. The average Bonchev–Trinajstić information content (AvgIpc) is 3.13. The minimum absolute atomic E-state index is 0.0621. The van der Waals surface area contributed by atoms with Crippen LogP contribution in [-0.4, -0.2) is 46.9 Å². The Morgan fingerprint density at radius 3 is 2.49 bits per heavy atom. The summed E-state index contributed by atoms with van der Waals surface area (Å²) in [7, 11) is 1.59. The summed E-state index contributed by atoms with van der Waals surface area (Å²) in [6, 6.07) is 17.7. The Morgan fingerprint density at radius 2 is 1.80 bits per heavy atom. The number of ketones is 1. The second-order valence-electron chi connectivity index (χ2n) is 8.42. The van der Waals surface area contributed by atoms with Gasteiger partial charge in [-0.25, -0.2) is 0 Å². The fourth-order valence-electron chi connectivity index (χ4n) is 4.22. The number of hydrogen-bond acceptors (Lipinski definition) is 6. The first kappa shape index (κ1) is 24.2. The number of aliphatic hydroxyl groups is 1. The number of methoxy groups -OCH3 is 1. The highest BCUT2D eigenvalue weighted by Gasteiger charge is 2.45. The number of likely N-dealkylation sites (tertiary alicyclic amines) is 1. The van der Waals surface area contributed by atoms with Gasteiger partial charge in [0.05, 0.1) is 11.6 Å². The van der Waals surface area contributed by atoms with Crippen molar-refractivity contribution in [3.8, 4) is 5.75 Å². The zero-order valence-corrected chi connectivity index (χ0v) is 19.8. The number of rotatable bonds is 9. The van der Waals surface area contributed by atoms with E-state index in [4.69, 9.17) is 9.47 Å². The molecular formula is C28H28N2O5. The van der Waals surface area contributed by atoms with Crippen LogP contribution in [0.4, 0.5) is 0 Å². The van der Waals surface area contributed by atoms with Gasteiger partial charge in [0.25, 0.3) is 11.7 Å². The van der Waals surface area contributed by atoms with Gasteiger partial charge < -0.3 is 19.5 Å². The molecule has 1 aromatic heterocycles. The Balaban J connectivity index is 1.61. The van der Waals surface area contributed by atoms with Gasteiger partial charge in [0.15, 0.2) is 0 Å².